The highest BCUT2D eigenvalue weighted by molar-refractivity contribution is 7.89. The van der Waals surface area contributed by atoms with Crippen molar-refractivity contribution in [3.63, 3.8) is 0 Å². The van der Waals surface area contributed by atoms with Gasteiger partial charge >= 0.3 is 0 Å². The molecule has 23 heavy (non-hydrogen) atoms. The number of methoxy groups -OCH3 is 1. The van der Waals surface area contributed by atoms with Gasteiger partial charge in [0, 0.05) is 32.7 Å². The van der Waals surface area contributed by atoms with Gasteiger partial charge in [-0.1, -0.05) is 6.07 Å². The zero-order chi connectivity index (χ0) is 17.0. The first kappa shape index (κ1) is 17.8. The van der Waals surface area contributed by atoms with Crippen LogP contribution in [-0.4, -0.2) is 46.4 Å². The summed E-state index contributed by atoms with van der Waals surface area (Å²) in [6, 6.07) is 2.58. The predicted octanol–water partition coefficient (Wildman–Crippen LogP) is 1.03. The van der Waals surface area contributed by atoms with Gasteiger partial charge in [0.05, 0.1) is 5.75 Å². The van der Waals surface area contributed by atoms with E-state index in [1.165, 1.54) is 13.2 Å². The number of ether oxygens (including phenoxy) is 1. The van der Waals surface area contributed by atoms with Crippen LogP contribution in [0, 0.1) is 11.6 Å². The van der Waals surface area contributed by atoms with Crippen molar-refractivity contribution < 1.29 is 26.7 Å². The zero-order valence-electron chi connectivity index (χ0n) is 12.6. The molecule has 0 aromatic heterocycles. The van der Waals surface area contributed by atoms with Crippen LogP contribution in [0.2, 0.25) is 0 Å². The van der Waals surface area contributed by atoms with E-state index in [0.717, 1.165) is 17.0 Å². The number of halogens is 2. The molecule has 0 radical (unpaired) electrons. The maximum absolute atomic E-state index is 13.8. The molecule has 1 amide bonds. The van der Waals surface area contributed by atoms with E-state index in [1.54, 1.807) is 0 Å². The molecule has 6 nitrogen and oxygen atoms in total. The zero-order valence-corrected chi connectivity index (χ0v) is 13.4. The minimum Gasteiger partial charge on any atom is -0.385 e. The van der Waals surface area contributed by atoms with Crippen molar-refractivity contribution in [2.75, 3.05) is 30.9 Å². The van der Waals surface area contributed by atoms with Gasteiger partial charge in [-0.2, -0.15) is 0 Å². The van der Waals surface area contributed by atoms with E-state index in [4.69, 9.17) is 4.74 Å². The lowest BCUT2D eigenvalue weighted by Crippen LogP contribution is -2.38. The lowest BCUT2D eigenvalue weighted by molar-refractivity contribution is -0.117. The number of benzene rings is 1. The molecule has 9 heteroatoms. The highest BCUT2D eigenvalue weighted by Gasteiger charge is 2.35. The second-order valence-corrected chi connectivity index (χ2v) is 7.13. The Balaban J connectivity index is 2.06. The number of hydrogen-bond donors (Lipinski definition) is 1. The standard InChI is InChI=1S/C14H18F2N2O4S/c1-22-6-3-7-23(20,21)17-10-8-13(19)18(9-10)14-11(15)4-2-5-12(14)16/h2,4-5,10,17H,3,6-9H2,1H3/t10-/m1/s1. The summed E-state index contributed by atoms with van der Waals surface area (Å²) in [6.07, 6.45) is 0.176. The third kappa shape index (κ3) is 4.46. The highest BCUT2D eigenvalue weighted by Crippen LogP contribution is 2.27. The number of para-hydroxylation sites is 1. The molecule has 0 bridgehead atoms. The Bertz CT molecular complexity index is 661. The Morgan fingerprint density at radius 1 is 1.35 bits per heavy atom. The van der Waals surface area contributed by atoms with Crippen LogP contribution in [0.15, 0.2) is 18.2 Å². The molecule has 1 aliphatic heterocycles. The van der Waals surface area contributed by atoms with Crippen molar-refractivity contribution in [2.45, 2.75) is 18.9 Å². The van der Waals surface area contributed by atoms with E-state index in [0.29, 0.717) is 13.0 Å². The van der Waals surface area contributed by atoms with E-state index in [1.807, 2.05) is 0 Å². The molecule has 0 aliphatic carbocycles. The SMILES string of the molecule is COCCCS(=O)(=O)N[C@@H]1CC(=O)N(c2c(F)cccc2F)C1. The number of nitrogens with one attached hydrogen (secondary N) is 1. The lowest BCUT2D eigenvalue weighted by atomic mass is 10.2. The number of hydrogen-bond acceptors (Lipinski definition) is 4. The van der Waals surface area contributed by atoms with Crippen LogP contribution in [0.4, 0.5) is 14.5 Å². The van der Waals surface area contributed by atoms with Crippen LogP contribution < -0.4 is 9.62 Å². The second-order valence-electron chi connectivity index (χ2n) is 5.26. The molecule has 1 N–H and O–H groups in total. The third-order valence-corrected chi connectivity index (χ3v) is 4.96. The average Bonchev–Trinajstić information content (AvgIpc) is 2.78. The van der Waals surface area contributed by atoms with Gasteiger partial charge in [-0.25, -0.2) is 21.9 Å². The Kier molecular flexibility index (Phi) is 5.66. The van der Waals surface area contributed by atoms with Gasteiger partial charge in [-0.15, -0.1) is 0 Å². The number of amides is 1. The van der Waals surface area contributed by atoms with Gasteiger partial charge in [0.25, 0.3) is 0 Å². The Morgan fingerprint density at radius 2 is 2.00 bits per heavy atom. The van der Waals surface area contributed by atoms with E-state index >= 15 is 0 Å². The fourth-order valence-electron chi connectivity index (χ4n) is 2.46. The third-order valence-electron chi connectivity index (χ3n) is 3.44. The highest BCUT2D eigenvalue weighted by atomic mass is 32.2. The largest absolute Gasteiger partial charge is 0.385 e. The van der Waals surface area contributed by atoms with Gasteiger partial charge < -0.3 is 9.64 Å². The van der Waals surface area contributed by atoms with Gasteiger partial charge in [-0.05, 0) is 18.6 Å². The number of carbonyl (C=O) groups excluding carboxylic acids is 1. The molecular formula is C14H18F2N2O4S. The van der Waals surface area contributed by atoms with Crippen molar-refractivity contribution in [3.05, 3.63) is 29.8 Å². The van der Waals surface area contributed by atoms with Crippen LogP contribution in [-0.2, 0) is 19.6 Å². The van der Waals surface area contributed by atoms with E-state index in [9.17, 15) is 22.0 Å². The predicted molar refractivity (Wildman–Crippen MR) is 80.5 cm³/mol. The molecule has 1 aliphatic rings. The summed E-state index contributed by atoms with van der Waals surface area (Å²) < 4.78 is 58.5. The maximum atomic E-state index is 13.8. The van der Waals surface area contributed by atoms with Crippen LogP contribution in [0.5, 0.6) is 0 Å². The molecule has 1 heterocycles. The van der Waals surface area contributed by atoms with Crippen molar-refractivity contribution >= 4 is 21.6 Å². The van der Waals surface area contributed by atoms with Crippen LogP contribution in [0.3, 0.4) is 0 Å². The van der Waals surface area contributed by atoms with Gasteiger partial charge in [0.2, 0.25) is 15.9 Å². The molecule has 0 saturated carbocycles. The van der Waals surface area contributed by atoms with E-state index in [-0.39, 0.29) is 18.7 Å². The van der Waals surface area contributed by atoms with Crippen molar-refractivity contribution in [1.29, 1.82) is 0 Å². The van der Waals surface area contributed by atoms with Crippen LogP contribution >= 0.6 is 0 Å². The minimum atomic E-state index is -3.58. The summed E-state index contributed by atoms with van der Waals surface area (Å²) in [7, 11) is -2.11. The van der Waals surface area contributed by atoms with Crippen LogP contribution in [0.25, 0.3) is 0 Å². The number of anilines is 1. The van der Waals surface area contributed by atoms with Crippen molar-refractivity contribution in [1.82, 2.24) is 4.72 Å². The fourth-order valence-corrected chi connectivity index (χ4v) is 3.74. The molecule has 1 fully saturated rings. The Hall–Kier alpha value is -1.58. The average molecular weight is 348 g/mol. The summed E-state index contributed by atoms with van der Waals surface area (Å²) in [5, 5.41) is 0. The lowest BCUT2D eigenvalue weighted by Gasteiger charge is -2.18. The number of nitrogens with zero attached hydrogens (tertiary/aromatic N) is 1. The summed E-state index contributed by atoms with van der Waals surface area (Å²) in [5.41, 5.74) is -0.446. The monoisotopic (exact) mass is 348 g/mol. The number of rotatable bonds is 7. The normalized spacial score (nSPS) is 18.7. The van der Waals surface area contributed by atoms with E-state index < -0.39 is 39.3 Å². The van der Waals surface area contributed by atoms with Crippen LogP contribution in [0.1, 0.15) is 12.8 Å². The summed E-state index contributed by atoms with van der Waals surface area (Å²) in [5.74, 6) is -2.39. The summed E-state index contributed by atoms with van der Waals surface area (Å²) >= 11 is 0. The van der Waals surface area contributed by atoms with Gasteiger partial charge in [0.1, 0.15) is 17.3 Å². The molecule has 0 spiro atoms. The number of sulfonamides is 1. The molecule has 2 rings (SSSR count). The quantitative estimate of drug-likeness (QED) is 0.747. The van der Waals surface area contributed by atoms with Crippen molar-refractivity contribution in [2.24, 2.45) is 0 Å². The topological polar surface area (TPSA) is 75.7 Å². The molecule has 128 valence electrons. The summed E-state index contributed by atoms with van der Waals surface area (Å²) in [6.45, 7) is 0.192. The Morgan fingerprint density at radius 3 is 2.61 bits per heavy atom. The Labute approximate surface area is 133 Å². The molecule has 1 saturated heterocycles. The van der Waals surface area contributed by atoms with Gasteiger partial charge in [0.15, 0.2) is 0 Å². The molecule has 1 aromatic rings. The molecule has 1 atom stereocenters. The fraction of sp³-hybridized carbons (Fsp3) is 0.500. The van der Waals surface area contributed by atoms with Gasteiger partial charge in [-0.3, -0.25) is 4.79 Å². The van der Waals surface area contributed by atoms with Crippen molar-refractivity contribution in [3.8, 4) is 0 Å². The second kappa shape index (κ2) is 7.33. The molecule has 1 aromatic carbocycles. The summed E-state index contributed by atoms with van der Waals surface area (Å²) in [4.78, 5) is 12.9. The molecule has 0 unspecified atom stereocenters. The maximum Gasteiger partial charge on any atom is 0.228 e. The minimum absolute atomic E-state index is 0.111. The first-order valence-corrected chi connectivity index (χ1v) is 8.72. The smallest absolute Gasteiger partial charge is 0.228 e. The first-order valence-electron chi connectivity index (χ1n) is 7.07. The first-order chi connectivity index (χ1) is 10.8. The van der Waals surface area contributed by atoms with E-state index in [2.05, 4.69) is 4.72 Å². The number of carbonyl (C=O) groups is 1. The molecular weight excluding hydrogens is 330 g/mol.